The number of ether oxygens (including phenoxy) is 1. The van der Waals surface area contributed by atoms with Crippen LogP contribution >= 0.6 is 12.2 Å². The number of carbonyl (C=O) groups is 2. The van der Waals surface area contributed by atoms with Crippen LogP contribution in [0.2, 0.25) is 0 Å². The molecule has 0 atom stereocenters. The lowest BCUT2D eigenvalue weighted by atomic mass is 10.1. The maximum atomic E-state index is 11.8. The Kier molecular flexibility index (Phi) is 7.20. The first-order valence-corrected chi connectivity index (χ1v) is 8.14. The van der Waals surface area contributed by atoms with E-state index in [1.165, 1.54) is 24.3 Å². The van der Waals surface area contributed by atoms with Crippen molar-refractivity contribution < 1.29 is 19.2 Å². The molecule has 3 N–H and O–H groups in total. The average molecular weight is 388 g/mol. The first kappa shape index (κ1) is 19.8. The molecule has 140 valence electrons. The zero-order chi connectivity index (χ0) is 19.6. The Morgan fingerprint density at radius 1 is 1.00 bits per heavy atom. The Bertz CT molecular complexity index is 827. The van der Waals surface area contributed by atoms with E-state index in [0.29, 0.717) is 5.75 Å². The standard InChI is InChI=1S/C17H16N4O5S/c22-15(10-12-4-2-1-3-5-12)18-17(27)20-19-16(23)11-26-14-8-6-13(7-9-14)21(24)25/h1-9H,10-11H2,(H,19,23)(H2,18,20,22,27). The van der Waals surface area contributed by atoms with Crippen LogP contribution in [0.15, 0.2) is 54.6 Å². The minimum atomic E-state index is -0.548. The molecule has 0 bridgehead atoms. The molecular weight excluding hydrogens is 372 g/mol. The summed E-state index contributed by atoms with van der Waals surface area (Å²) < 4.78 is 5.19. The molecule has 0 unspecified atom stereocenters. The van der Waals surface area contributed by atoms with Gasteiger partial charge in [0.15, 0.2) is 11.7 Å². The number of hydrogen-bond acceptors (Lipinski definition) is 6. The van der Waals surface area contributed by atoms with Gasteiger partial charge in [-0.05, 0) is 29.9 Å². The molecule has 2 aromatic rings. The Balaban J connectivity index is 1.67. The van der Waals surface area contributed by atoms with E-state index < -0.39 is 10.8 Å². The molecule has 0 saturated heterocycles. The number of nitro groups is 1. The zero-order valence-electron chi connectivity index (χ0n) is 14.0. The van der Waals surface area contributed by atoms with Crippen molar-refractivity contribution in [2.24, 2.45) is 0 Å². The largest absolute Gasteiger partial charge is 0.484 e. The van der Waals surface area contributed by atoms with Gasteiger partial charge >= 0.3 is 0 Å². The fourth-order valence-electron chi connectivity index (χ4n) is 1.96. The summed E-state index contributed by atoms with van der Waals surface area (Å²) in [5, 5.41) is 12.9. The molecule has 2 amide bonds. The molecule has 0 aliphatic carbocycles. The predicted molar refractivity (Wildman–Crippen MR) is 101 cm³/mol. The van der Waals surface area contributed by atoms with Gasteiger partial charge in [-0.3, -0.25) is 30.6 Å². The summed E-state index contributed by atoms with van der Waals surface area (Å²) >= 11 is 4.92. The van der Waals surface area contributed by atoms with E-state index in [4.69, 9.17) is 17.0 Å². The van der Waals surface area contributed by atoms with Crippen LogP contribution in [-0.4, -0.2) is 28.5 Å². The van der Waals surface area contributed by atoms with Crippen molar-refractivity contribution in [2.75, 3.05) is 6.61 Å². The van der Waals surface area contributed by atoms with Crippen molar-refractivity contribution >= 4 is 34.8 Å². The monoisotopic (exact) mass is 388 g/mol. The molecular formula is C17H16N4O5S. The average Bonchev–Trinajstić information content (AvgIpc) is 2.65. The highest BCUT2D eigenvalue weighted by Crippen LogP contribution is 2.16. The van der Waals surface area contributed by atoms with Crippen molar-refractivity contribution in [1.29, 1.82) is 0 Å². The number of amides is 2. The normalized spacial score (nSPS) is 9.78. The summed E-state index contributed by atoms with van der Waals surface area (Å²) in [6.45, 7) is -0.342. The zero-order valence-corrected chi connectivity index (χ0v) is 14.8. The van der Waals surface area contributed by atoms with E-state index in [1.54, 1.807) is 0 Å². The van der Waals surface area contributed by atoms with E-state index in [1.807, 2.05) is 30.3 Å². The van der Waals surface area contributed by atoms with Gasteiger partial charge in [-0.15, -0.1) is 0 Å². The van der Waals surface area contributed by atoms with Crippen molar-refractivity contribution in [3.05, 3.63) is 70.3 Å². The summed E-state index contributed by atoms with van der Waals surface area (Å²) in [7, 11) is 0. The third-order valence-electron chi connectivity index (χ3n) is 3.19. The number of hydrogen-bond donors (Lipinski definition) is 3. The highest BCUT2D eigenvalue weighted by Gasteiger charge is 2.08. The number of thiocarbonyl (C=S) groups is 1. The van der Waals surface area contributed by atoms with Gasteiger partial charge in [-0.2, -0.15) is 0 Å². The Morgan fingerprint density at radius 3 is 2.30 bits per heavy atom. The molecule has 0 radical (unpaired) electrons. The number of rotatable bonds is 6. The number of nitrogens with one attached hydrogen (secondary N) is 3. The van der Waals surface area contributed by atoms with Crippen LogP contribution in [-0.2, 0) is 16.0 Å². The molecule has 10 heteroatoms. The number of nitro benzene ring substituents is 1. The van der Waals surface area contributed by atoms with Crippen molar-refractivity contribution in [3.63, 3.8) is 0 Å². The van der Waals surface area contributed by atoms with Gasteiger partial charge in [0.2, 0.25) is 5.91 Å². The number of nitrogens with zero attached hydrogens (tertiary/aromatic N) is 1. The topological polar surface area (TPSA) is 123 Å². The van der Waals surface area contributed by atoms with Crippen LogP contribution in [0.25, 0.3) is 0 Å². The number of hydrazine groups is 1. The summed E-state index contributed by atoms with van der Waals surface area (Å²) in [6, 6.07) is 14.4. The van der Waals surface area contributed by atoms with Gasteiger partial charge in [0.05, 0.1) is 11.3 Å². The van der Waals surface area contributed by atoms with E-state index in [-0.39, 0.29) is 29.7 Å². The summed E-state index contributed by atoms with van der Waals surface area (Å²) in [6.07, 6.45) is 0.153. The van der Waals surface area contributed by atoms with E-state index in [0.717, 1.165) is 5.56 Å². The van der Waals surface area contributed by atoms with Gasteiger partial charge in [0.25, 0.3) is 11.6 Å². The highest BCUT2D eigenvalue weighted by atomic mass is 32.1. The first-order chi connectivity index (χ1) is 12.9. The van der Waals surface area contributed by atoms with Gasteiger partial charge in [0, 0.05) is 12.1 Å². The van der Waals surface area contributed by atoms with Crippen LogP contribution in [0.4, 0.5) is 5.69 Å². The SMILES string of the molecule is O=C(COc1ccc([N+](=O)[O-])cc1)NNC(=S)NC(=O)Cc1ccccc1. The third kappa shape index (κ3) is 7.08. The Labute approximate surface area is 159 Å². The van der Waals surface area contributed by atoms with E-state index >= 15 is 0 Å². The van der Waals surface area contributed by atoms with Crippen molar-refractivity contribution in [1.82, 2.24) is 16.2 Å². The first-order valence-electron chi connectivity index (χ1n) is 7.74. The highest BCUT2D eigenvalue weighted by molar-refractivity contribution is 7.80. The molecule has 0 aliphatic heterocycles. The van der Waals surface area contributed by atoms with Crippen LogP contribution in [0.5, 0.6) is 5.75 Å². The number of non-ortho nitro benzene ring substituents is 1. The van der Waals surface area contributed by atoms with Gasteiger partial charge < -0.3 is 10.1 Å². The molecule has 0 heterocycles. The fourth-order valence-corrected chi connectivity index (χ4v) is 2.12. The maximum absolute atomic E-state index is 11.8. The summed E-state index contributed by atoms with van der Waals surface area (Å²) in [5.41, 5.74) is 5.42. The molecule has 2 rings (SSSR count). The summed E-state index contributed by atoms with van der Waals surface area (Å²) in [5.74, 6) is -0.572. The lowest BCUT2D eigenvalue weighted by Gasteiger charge is -2.11. The second-order valence-electron chi connectivity index (χ2n) is 5.25. The molecule has 0 spiro atoms. The van der Waals surface area contributed by atoms with E-state index in [9.17, 15) is 19.7 Å². The summed E-state index contributed by atoms with van der Waals surface area (Å²) in [4.78, 5) is 33.5. The molecule has 9 nitrogen and oxygen atoms in total. The van der Waals surface area contributed by atoms with Crippen LogP contribution < -0.4 is 20.9 Å². The van der Waals surface area contributed by atoms with Crippen LogP contribution in [0, 0.1) is 10.1 Å². The van der Waals surface area contributed by atoms with Crippen molar-refractivity contribution in [3.8, 4) is 5.75 Å². The van der Waals surface area contributed by atoms with Gasteiger partial charge in [-0.1, -0.05) is 30.3 Å². The minimum absolute atomic E-state index is 0.0559. The fraction of sp³-hybridized carbons (Fsp3) is 0.118. The minimum Gasteiger partial charge on any atom is -0.484 e. The maximum Gasteiger partial charge on any atom is 0.276 e. The number of benzene rings is 2. The molecule has 0 aromatic heterocycles. The Morgan fingerprint density at radius 2 is 1.67 bits per heavy atom. The van der Waals surface area contributed by atoms with Gasteiger partial charge in [0.1, 0.15) is 5.75 Å². The molecule has 0 saturated carbocycles. The van der Waals surface area contributed by atoms with Crippen LogP contribution in [0.3, 0.4) is 0 Å². The van der Waals surface area contributed by atoms with E-state index in [2.05, 4.69) is 16.2 Å². The molecule has 0 aliphatic rings. The number of carbonyl (C=O) groups excluding carboxylic acids is 2. The third-order valence-corrected chi connectivity index (χ3v) is 3.40. The van der Waals surface area contributed by atoms with Crippen LogP contribution in [0.1, 0.15) is 5.56 Å². The lowest BCUT2D eigenvalue weighted by molar-refractivity contribution is -0.384. The second-order valence-corrected chi connectivity index (χ2v) is 5.66. The van der Waals surface area contributed by atoms with Crippen molar-refractivity contribution in [2.45, 2.75) is 6.42 Å². The smallest absolute Gasteiger partial charge is 0.276 e. The quantitative estimate of drug-likeness (QED) is 0.386. The molecule has 27 heavy (non-hydrogen) atoms. The molecule has 0 fully saturated rings. The second kappa shape index (κ2) is 9.82. The molecule has 2 aromatic carbocycles. The predicted octanol–water partition coefficient (Wildman–Crippen LogP) is 1.24. The van der Waals surface area contributed by atoms with Gasteiger partial charge in [-0.25, -0.2) is 0 Å². The Hall–Kier alpha value is -3.53. The lowest BCUT2D eigenvalue weighted by Crippen LogP contribution is -2.49.